The lowest BCUT2D eigenvalue weighted by molar-refractivity contribution is 0.262. The number of hydrogen-bond donors (Lipinski definition) is 1. The Bertz CT molecular complexity index is 500. The van der Waals surface area contributed by atoms with Crippen molar-refractivity contribution in [2.45, 2.75) is 26.3 Å². The van der Waals surface area contributed by atoms with Crippen molar-refractivity contribution < 1.29 is 8.42 Å². The van der Waals surface area contributed by atoms with Crippen LogP contribution in [0, 0.1) is 0 Å². The summed E-state index contributed by atoms with van der Waals surface area (Å²) >= 11 is 0. The van der Waals surface area contributed by atoms with Crippen LogP contribution in [0.15, 0.2) is 24.3 Å². The molecule has 0 spiro atoms. The molecule has 1 aromatic carbocycles. The fourth-order valence-electron chi connectivity index (χ4n) is 1.95. The molecule has 0 saturated carbocycles. The van der Waals surface area contributed by atoms with E-state index in [1.54, 1.807) is 6.92 Å². The van der Waals surface area contributed by atoms with Gasteiger partial charge in [-0.25, -0.2) is 8.42 Å². The quantitative estimate of drug-likeness (QED) is 0.779. The molecule has 1 aromatic rings. The highest BCUT2D eigenvalue weighted by atomic mass is 32.2. The Morgan fingerprint density at radius 2 is 2.05 bits per heavy atom. The number of nitrogen functional groups attached to an aromatic ring is 1. The summed E-state index contributed by atoms with van der Waals surface area (Å²) in [7, 11) is -0.853. The minimum Gasteiger partial charge on any atom is -0.399 e. The lowest BCUT2D eigenvalue weighted by atomic mass is 10.1. The molecule has 1 rings (SSSR count). The number of nitrogens with zero attached hydrogens (tertiary/aromatic N) is 1. The zero-order valence-corrected chi connectivity index (χ0v) is 12.8. The van der Waals surface area contributed by atoms with Crippen molar-refractivity contribution >= 4 is 15.5 Å². The predicted octanol–water partition coefficient (Wildman–Crippen LogP) is 2.09. The lowest BCUT2D eigenvalue weighted by Crippen LogP contribution is -2.25. The second kappa shape index (κ2) is 6.91. The molecule has 0 saturated heterocycles. The van der Waals surface area contributed by atoms with Crippen LogP contribution in [0.1, 0.15) is 31.9 Å². The topological polar surface area (TPSA) is 63.4 Å². The van der Waals surface area contributed by atoms with Crippen LogP contribution in [0.3, 0.4) is 0 Å². The number of benzene rings is 1. The molecular weight excluding hydrogens is 260 g/mol. The van der Waals surface area contributed by atoms with E-state index >= 15 is 0 Å². The molecule has 0 aromatic heterocycles. The number of anilines is 1. The van der Waals surface area contributed by atoms with E-state index in [9.17, 15) is 8.42 Å². The average molecular weight is 284 g/mol. The molecule has 0 aliphatic heterocycles. The van der Waals surface area contributed by atoms with Gasteiger partial charge < -0.3 is 5.73 Å². The van der Waals surface area contributed by atoms with Crippen LogP contribution in [-0.2, 0) is 9.84 Å². The standard InChI is InChI=1S/C14H24N2O2S/c1-4-19(17,18)10-6-9-16(3)12(2)13-7-5-8-14(15)11-13/h5,7-8,11-12H,4,6,9-10,15H2,1-3H3. The molecule has 0 aliphatic carbocycles. The fourth-order valence-corrected chi connectivity index (χ4v) is 2.80. The predicted molar refractivity (Wildman–Crippen MR) is 80.8 cm³/mol. The molecule has 4 nitrogen and oxygen atoms in total. The maximum Gasteiger partial charge on any atom is 0.150 e. The van der Waals surface area contributed by atoms with Crippen molar-refractivity contribution in [3.05, 3.63) is 29.8 Å². The largest absolute Gasteiger partial charge is 0.399 e. The van der Waals surface area contributed by atoms with E-state index in [1.165, 1.54) is 0 Å². The van der Waals surface area contributed by atoms with Crippen molar-refractivity contribution in [3.8, 4) is 0 Å². The maximum atomic E-state index is 11.4. The van der Waals surface area contributed by atoms with Gasteiger partial charge in [0.05, 0.1) is 5.75 Å². The van der Waals surface area contributed by atoms with Gasteiger partial charge in [-0.15, -0.1) is 0 Å². The minimum absolute atomic E-state index is 0.224. The summed E-state index contributed by atoms with van der Waals surface area (Å²) < 4.78 is 22.9. The van der Waals surface area contributed by atoms with Gasteiger partial charge in [0.2, 0.25) is 0 Å². The van der Waals surface area contributed by atoms with E-state index < -0.39 is 9.84 Å². The molecule has 0 amide bonds. The minimum atomic E-state index is -2.86. The number of sulfone groups is 1. The van der Waals surface area contributed by atoms with Gasteiger partial charge in [-0.2, -0.15) is 0 Å². The first-order valence-corrected chi connectivity index (χ1v) is 8.44. The van der Waals surface area contributed by atoms with Crippen LogP contribution in [0.5, 0.6) is 0 Å². The van der Waals surface area contributed by atoms with Crippen LogP contribution in [0.2, 0.25) is 0 Å². The summed E-state index contributed by atoms with van der Waals surface area (Å²) in [5.41, 5.74) is 7.68. The molecule has 108 valence electrons. The van der Waals surface area contributed by atoms with Crippen LogP contribution in [0.4, 0.5) is 5.69 Å². The smallest absolute Gasteiger partial charge is 0.150 e. The van der Waals surface area contributed by atoms with Crippen molar-refractivity contribution in [3.63, 3.8) is 0 Å². The van der Waals surface area contributed by atoms with Gasteiger partial charge in [-0.1, -0.05) is 19.1 Å². The summed E-state index contributed by atoms with van der Waals surface area (Å²) in [5, 5.41) is 0. The summed E-state index contributed by atoms with van der Waals surface area (Å²) in [6.07, 6.45) is 0.666. The summed E-state index contributed by atoms with van der Waals surface area (Å²) in [6, 6.07) is 8.04. The highest BCUT2D eigenvalue weighted by Gasteiger charge is 2.13. The van der Waals surface area contributed by atoms with Crippen molar-refractivity contribution in [2.75, 3.05) is 30.8 Å². The molecule has 1 atom stereocenters. The molecule has 0 radical (unpaired) electrons. The van der Waals surface area contributed by atoms with Crippen LogP contribution >= 0.6 is 0 Å². The Hall–Kier alpha value is -1.07. The fraction of sp³-hybridized carbons (Fsp3) is 0.571. The molecule has 0 fully saturated rings. The van der Waals surface area contributed by atoms with Gasteiger partial charge in [-0.05, 0) is 44.6 Å². The Labute approximate surface area is 116 Å². The second-order valence-corrected chi connectivity index (χ2v) is 7.39. The van der Waals surface area contributed by atoms with Crippen LogP contribution in [-0.4, -0.2) is 38.4 Å². The third kappa shape index (κ3) is 5.20. The summed E-state index contributed by atoms with van der Waals surface area (Å²) in [4.78, 5) is 2.15. The van der Waals surface area contributed by atoms with E-state index in [-0.39, 0.29) is 17.5 Å². The SMILES string of the molecule is CCS(=O)(=O)CCCN(C)C(C)c1cccc(N)c1. The highest BCUT2D eigenvalue weighted by Crippen LogP contribution is 2.20. The van der Waals surface area contributed by atoms with E-state index in [2.05, 4.69) is 11.8 Å². The first-order valence-electron chi connectivity index (χ1n) is 6.62. The van der Waals surface area contributed by atoms with Crippen LogP contribution < -0.4 is 5.73 Å². The molecule has 0 aliphatic rings. The molecule has 2 N–H and O–H groups in total. The van der Waals surface area contributed by atoms with Crippen LogP contribution in [0.25, 0.3) is 0 Å². The molecule has 0 bridgehead atoms. The number of rotatable bonds is 7. The zero-order chi connectivity index (χ0) is 14.5. The van der Waals surface area contributed by atoms with E-state index in [1.807, 2.05) is 31.3 Å². The molecule has 19 heavy (non-hydrogen) atoms. The Morgan fingerprint density at radius 1 is 1.37 bits per heavy atom. The molecule has 5 heteroatoms. The van der Waals surface area contributed by atoms with Gasteiger partial charge >= 0.3 is 0 Å². The summed E-state index contributed by atoms with van der Waals surface area (Å²) in [6.45, 7) is 4.55. The van der Waals surface area contributed by atoms with Crippen molar-refractivity contribution in [1.82, 2.24) is 4.90 Å². The monoisotopic (exact) mass is 284 g/mol. The summed E-state index contributed by atoms with van der Waals surface area (Å²) in [5.74, 6) is 0.485. The third-order valence-corrected chi connectivity index (χ3v) is 5.25. The molecule has 1 unspecified atom stereocenters. The van der Waals surface area contributed by atoms with E-state index in [0.717, 1.165) is 17.8 Å². The first kappa shape index (κ1) is 16.0. The first-order chi connectivity index (χ1) is 8.85. The third-order valence-electron chi connectivity index (χ3n) is 3.46. The Balaban J connectivity index is 2.52. The number of hydrogen-bond acceptors (Lipinski definition) is 4. The lowest BCUT2D eigenvalue weighted by Gasteiger charge is -2.25. The van der Waals surface area contributed by atoms with Gasteiger partial charge in [0.25, 0.3) is 0 Å². The zero-order valence-electron chi connectivity index (χ0n) is 12.0. The normalized spacial score (nSPS) is 13.7. The highest BCUT2D eigenvalue weighted by molar-refractivity contribution is 7.91. The second-order valence-electron chi connectivity index (χ2n) is 4.92. The molecular formula is C14H24N2O2S. The van der Waals surface area contributed by atoms with Gasteiger partial charge in [0.15, 0.2) is 0 Å². The van der Waals surface area contributed by atoms with Gasteiger partial charge in [-0.3, -0.25) is 4.90 Å². The van der Waals surface area contributed by atoms with Crippen molar-refractivity contribution in [1.29, 1.82) is 0 Å². The molecule has 0 heterocycles. The number of nitrogens with two attached hydrogens (primary N) is 1. The van der Waals surface area contributed by atoms with Crippen molar-refractivity contribution in [2.24, 2.45) is 0 Å². The van der Waals surface area contributed by atoms with Gasteiger partial charge in [0, 0.05) is 17.5 Å². The maximum absolute atomic E-state index is 11.4. The Kier molecular flexibility index (Phi) is 5.82. The Morgan fingerprint density at radius 3 is 2.63 bits per heavy atom. The van der Waals surface area contributed by atoms with E-state index in [0.29, 0.717) is 6.42 Å². The van der Waals surface area contributed by atoms with Gasteiger partial charge in [0.1, 0.15) is 9.84 Å². The average Bonchev–Trinajstić information content (AvgIpc) is 2.37. The van der Waals surface area contributed by atoms with E-state index in [4.69, 9.17) is 5.73 Å².